The molecule has 0 fully saturated rings. The van der Waals surface area contributed by atoms with Gasteiger partial charge < -0.3 is 18.2 Å². The molecule has 0 aromatic carbocycles. The highest BCUT2D eigenvalue weighted by atomic mass is 32.1. The summed E-state index contributed by atoms with van der Waals surface area (Å²) in [4.78, 5) is 21.3. The molecule has 1 aliphatic rings. The van der Waals surface area contributed by atoms with Gasteiger partial charge in [-0.05, 0) is 60.9 Å². The fourth-order valence-electron chi connectivity index (χ4n) is 4.05. The fraction of sp³-hybridized carbons (Fsp3) is 0.455. The van der Waals surface area contributed by atoms with Gasteiger partial charge in [-0.1, -0.05) is 101 Å². The first-order valence-corrected chi connectivity index (χ1v) is 20.5. The Labute approximate surface area is 333 Å². The molecule has 296 valence electrons. The van der Waals surface area contributed by atoms with E-state index in [2.05, 4.69) is 118 Å². The average Bonchev–Trinajstić information content (AvgIpc) is 3.99. The number of nitrogens with one attached hydrogen (secondary N) is 1. The van der Waals surface area contributed by atoms with Crippen molar-refractivity contribution in [2.75, 3.05) is 0 Å². The van der Waals surface area contributed by atoms with Crippen LogP contribution in [0.5, 0.6) is 0 Å². The van der Waals surface area contributed by atoms with E-state index in [9.17, 15) is 0 Å². The summed E-state index contributed by atoms with van der Waals surface area (Å²) >= 11 is 3.39. The molecule has 0 radical (unpaired) electrons. The lowest BCUT2D eigenvalue weighted by Gasteiger charge is -1.99. The zero-order chi connectivity index (χ0) is 40.3. The maximum absolute atomic E-state index is 5.09. The first-order chi connectivity index (χ1) is 25.7. The molecule has 0 saturated heterocycles. The third-order valence-corrected chi connectivity index (χ3v) is 9.15. The Hall–Kier alpha value is -4.28. The van der Waals surface area contributed by atoms with Gasteiger partial charge in [-0.3, -0.25) is 9.97 Å². The molecular weight excluding hydrogens is 711 g/mol. The highest BCUT2D eigenvalue weighted by Gasteiger charge is 2.02. The van der Waals surface area contributed by atoms with Crippen LogP contribution in [0.1, 0.15) is 152 Å². The Morgan fingerprint density at radius 2 is 1.35 bits per heavy atom. The van der Waals surface area contributed by atoms with Crippen LogP contribution in [0.3, 0.4) is 0 Å². The number of nitrogens with zero attached hydrogens (tertiary/aromatic N) is 4. The summed E-state index contributed by atoms with van der Waals surface area (Å²) in [6.07, 6.45) is 21.7. The number of aryl methyl sites for hydroxylation is 1. The Kier molecular flexibility index (Phi) is 24.9. The van der Waals surface area contributed by atoms with Crippen LogP contribution in [-0.4, -0.2) is 24.9 Å². The molecule has 0 unspecified atom stereocenters. The van der Waals surface area contributed by atoms with Crippen LogP contribution in [0.4, 0.5) is 0 Å². The summed E-state index contributed by atoms with van der Waals surface area (Å²) in [6, 6.07) is 8.03. The summed E-state index contributed by atoms with van der Waals surface area (Å²) in [7, 11) is 0. The smallest absolute Gasteiger partial charge is 0.196 e. The molecule has 1 aliphatic carbocycles. The van der Waals surface area contributed by atoms with E-state index in [1.807, 2.05) is 68.6 Å². The minimum atomic E-state index is 0.407. The summed E-state index contributed by atoms with van der Waals surface area (Å²) in [6.45, 7) is 27.6. The molecule has 6 heterocycles. The molecule has 0 saturated carbocycles. The molecule has 0 atom stereocenters. The summed E-state index contributed by atoms with van der Waals surface area (Å²) in [5, 5.41) is 0. The number of rotatable bonds is 6. The molecule has 0 amide bonds. The summed E-state index contributed by atoms with van der Waals surface area (Å²) in [5.41, 5.74) is 6.50. The van der Waals surface area contributed by atoms with E-state index in [4.69, 9.17) is 13.3 Å². The third kappa shape index (κ3) is 22.1. The Bertz CT molecular complexity index is 1460. The lowest BCUT2D eigenvalue weighted by Crippen LogP contribution is -1.85. The van der Waals surface area contributed by atoms with Gasteiger partial charge in [0.2, 0.25) is 0 Å². The minimum Gasteiger partial charge on any atom is -0.469 e. The van der Waals surface area contributed by atoms with Crippen LogP contribution < -0.4 is 0 Å². The van der Waals surface area contributed by atoms with Gasteiger partial charge in [-0.15, -0.1) is 22.7 Å². The molecule has 0 bridgehead atoms. The molecule has 54 heavy (non-hydrogen) atoms. The number of furan rings is 1. The molecule has 8 nitrogen and oxygen atoms in total. The monoisotopic (exact) mass is 775 g/mol. The van der Waals surface area contributed by atoms with Crippen LogP contribution >= 0.6 is 22.7 Å². The zero-order valence-corrected chi connectivity index (χ0v) is 36.4. The van der Waals surface area contributed by atoms with E-state index in [0.717, 1.165) is 23.8 Å². The van der Waals surface area contributed by atoms with Crippen molar-refractivity contribution < 1.29 is 13.3 Å². The number of thiazole rings is 2. The van der Waals surface area contributed by atoms with Crippen molar-refractivity contribution in [3.63, 3.8) is 0 Å². The van der Waals surface area contributed by atoms with Crippen LogP contribution in [0.25, 0.3) is 0 Å². The molecule has 1 N–H and O–H groups in total. The lowest BCUT2D eigenvalue weighted by atomic mass is 10.1. The molecule has 0 spiro atoms. The molecule has 6 aromatic heterocycles. The predicted molar refractivity (Wildman–Crippen MR) is 229 cm³/mol. The van der Waals surface area contributed by atoms with Gasteiger partial charge in [0.05, 0.1) is 29.7 Å². The van der Waals surface area contributed by atoms with Crippen LogP contribution in [0.15, 0.2) is 122 Å². The first-order valence-electron chi connectivity index (χ1n) is 18.8. The van der Waals surface area contributed by atoms with Crippen LogP contribution in [0.2, 0.25) is 0 Å². The van der Waals surface area contributed by atoms with E-state index in [0.29, 0.717) is 35.5 Å². The quantitative estimate of drug-likeness (QED) is 0.179. The predicted octanol–water partition coefficient (Wildman–Crippen LogP) is 14.4. The topological polar surface area (TPSA) is 107 Å². The van der Waals surface area contributed by atoms with E-state index >= 15 is 0 Å². The SMILES string of the molecule is CC(C)C1=CCC=C1.CC(C)c1ccc[nH]1.CC(C)c1ccco1.CC(C)c1cnco1.CC(C)c1cncs1.CC(C)c1ncco1.Cc1cncs1. The second-order valence-corrected chi connectivity index (χ2v) is 16.2. The maximum atomic E-state index is 5.09. The van der Waals surface area contributed by atoms with Crippen molar-refractivity contribution in [1.29, 1.82) is 0 Å². The van der Waals surface area contributed by atoms with Crippen molar-refractivity contribution in [2.45, 2.75) is 126 Å². The number of hydrogen-bond donors (Lipinski definition) is 1. The lowest BCUT2D eigenvalue weighted by molar-refractivity contribution is 0.471. The third-order valence-electron chi connectivity index (χ3n) is 7.36. The van der Waals surface area contributed by atoms with Gasteiger partial charge in [-0.25, -0.2) is 9.97 Å². The number of aromatic amines is 1. The van der Waals surface area contributed by atoms with E-state index < -0.39 is 0 Å². The number of hydrogen-bond acceptors (Lipinski definition) is 9. The highest BCUT2D eigenvalue weighted by Crippen LogP contribution is 2.18. The standard InChI is InChI=1S/C8H12.C7H11N.C7H10O.2C6H9NO.C6H9NS.C4H5NS/c1-7(2)8-5-3-4-6-8;2*1-6(2)7-4-3-5-8-7;1-5(2)6-3-7-4-8-6;1-5(2)6-7-3-4-8-6;1-5(2)6-3-7-4-8-6;1-4-2-5-3-6-4/h3,5-7H,4H2,1-2H3;3-6,8H,1-2H3;3-6H,1-2H3;3*3-5H,1-2H3;2-3H,1H3. The molecule has 7 rings (SSSR count). The summed E-state index contributed by atoms with van der Waals surface area (Å²) in [5.74, 6) is 6.19. The largest absolute Gasteiger partial charge is 0.469 e. The molecule has 6 aromatic rings. The van der Waals surface area contributed by atoms with E-state index in [1.54, 1.807) is 47.6 Å². The van der Waals surface area contributed by atoms with E-state index in [-0.39, 0.29) is 0 Å². The number of allylic oxidation sites excluding steroid dienone is 4. The van der Waals surface area contributed by atoms with Gasteiger partial charge in [0.15, 0.2) is 12.3 Å². The number of oxazole rings is 2. The van der Waals surface area contributed by atoms with Crippen molar-refractivity contribution in [1.82, 2.24) is 24.9 Å². The van der Waals surface area contributed by atoms with E-state index in [1.165, 1.54) is 27.4 Å². The van der Waals surface area contributed by atoms with Gasteiger partial charge in [0.25, 0.3) is 0 Å². The summed E-state index contributed by atoms with van der Waals surface area (Å²) < 4.78 is 15.1. The molecular formula is C44H65N5O3S2. The van der Waals surface area contributed by atoms with Gasteiger partial charge in [0.1, 0.15) is 17.8 Å². The molecule has 0 aliphatic heterocycles. The number of H-pyrrole nitrogens is 1. The number of aromatic nitrogens is 5. The molecule has 10 heteroatoms. The second kappa shape index (κ2) is 28.2. The fourth-order valence-corrected chi connectivity index (χ4v) is 5.10. The van der Waals surface area contributed by atoms with Gasteiger partial charge in [-0.2, -0.15) is 0 Å². The van der Waals surface area contributed by atoms with Crippen molar-refractivity contribution in [3.05, 3.63) is 142 Å². The zero-order valence-electron chi connectivity index (χ0n) is 34.8. The maximum Gasteiger partial charge on any atom is 0.196 e. The Balaban J connectivity index is 0.000000315. The highest BCUT2D eigenvalue weighted by molar-refractivity contribution is 7.09. The first kappa shape index (κ1) is 47.7. The second-order valence-electron chi connectivity index (χ2n) is 14.2. The van der Waals surface area contributed by atoms with Crippen molar-refractivity contribution in [3.8, 4) is 0 Å². The van der Waals surface area contributed by atoms with Crippen molar-refractivity contribution in [2.24, 2.45) is 5.92 Å². The van der Waals surface area contributed by atoms with Crippen LogP contribution in [0, 0.1) is 12.8 Å². The van der Waals surface area contributed by atoms with Crippen molar-refractivity contribution >= 4 is 22.7 Å². The normalized spacial score (nSPS) is 11.3. The average molecular weight is 776 g/mol. The Morgan fingerprint density at radius 3 is 1.59 bits per heavy atom. The van der Waals surface area contributed by atoms with Gasteiger partial charge in [0, 0.05) is 51.8 Å². The minimum absolute atomic E-state index is 0.407. The van der Waals surface area contributed by atoms with Crippen LogP contribution in [-0.2, 0) is 0 Å². The van der Waals surface area contributed by atoms with Gasteiger partial charge >= 0.3 is 0 Å². The Morgan fingerprint density at radius 1 is 0.648 bits per heavy atom.